The van der Waals surface area contributed by atoms with Crippen LogP contribution < -0.4 is 36.6 Å². The molecule has 3 aliphatic heterocycles. The second-order valence-electron chi connectivity index (χ2n) is 21.0. The molecule has 0 unspecified atom stereocenters. The van der Waals surface area contributed by atoms with Crippen LogP contribution in [0.4, 0.5) is 34.1 Å². The van der Waals surface area contributed by atoms with Crippen LogP contribution in [0.1, 0.15) is 111 Å². The molecule has 2 nitrogen and oxygen atoms in total. The van der Waals surface area contributed by atoms with Crippen LogP contribution in [0.5, 0.6) is 0 Å². The number of aryl methyl sites for hydroxylation is 1. The molecule has 3 aliphatic rings. The minimum absolute atomic E-state index is 0.0110. The molecule has 0 aliphatic carbocycles. The molecule has 0 saturated carbocycles. The fourth-order valence-electron chi connectivity index (χ4n) is 9.19. The summed E-state index contributed by atoms with van der Waals surface area (Å²) in [6.07, 6.45) is 0. The zero-order valence-corrected chi connectivity index (χ0v) is 36.1. The van der Waals surface area contributed by atoms with Crippen molar-refractivity contribution in [1.29, 1.82) is 0 Å². The van der Waals surface area contributed by atoms with Crippen LogP contribution >= 0.6 is 0 Å². The Labute approximate surface area is 321 Å². The second kappa shape index (κ2) is 11.3. The third-order valence-electron chi connectivity index (χ3n) is 12.5. The van der Waals surface area contributed by atoms with Gasteiger partial charge in [0.05, 0.1) is 0 Å². The van der Waals surface area contributed by atoms with E-state index in [-0.39, 0.29) is 28.4 Å². The number of hydrogen-bond acceptors (Lipinski definition) is 2. The monoisotopic (exact) mass is 714 g/mol. The first-order valence-electron chi connectivity index (χ1n) is 19.8. The van der Waals surface area contributed by atoms with Crippen LogP contribution in [0.3, 0.4) is 0 Å². The highest BCUT2D eigenvalue weighted by Gasteiger charge is 2.52. The standard InChI is InChI=1S/C49H59BN2Si/c1-30-24-37-43-38(25-30)52(36-22-18-32(19-23-36)47(5,6)7)40-27-34(49(11,12)13)29-42-45(40)50(43)44-39(26-33(48(8,9)10)28-41(44)53(42,14)15)51(37)35-20-16-31(17-21-35)46(2,3)4/h16-29H,1-15H3. The molecule has 0 amide bonds. The Kier molecular flexibility index (Phi) is 7.64. The molecule has 8 rings (SSSR count). The van der Waals surface area contributed by atoms with Gasteiger partial charge in [-0.3, -0.25) is 0 Å². The zero-order valence-electron chi connectivity index (χ0n) is 35.1. The lowest BCUT2D eigenvalue weighted by Crippen LogP contribution is -2.79. The molecule has 4 heteroatoms. The molecule has 0 bridgehead atoms. The summed E-state index contributed by atoms with van der Waals surface area (Å²) in [7, 11) is -2.22. The third-order valence-corrected chi connectivity index (χ3v) is 16.0. The molecule has 53 heavy (non-hydrogen) atoms. The molecule has 0 N–H and O–H groups in total. The number of hydrogen-bond donors (Lipinski definition) is 0. The lowest BCUT2D eigenvalue weighted by molar-refractivity contribution is 0.590. The van der Waals surface area contributed by atoms with Crippen molar-refractivity contribution in [2.75, 3.05) is 9.80 Å². The minimum Gasteiger partial charge on any atom is -0.311 e. The Balaban J connectivity index is 1.52. The normalized spacial score (nSPS) is 15.9. The van der Waals surface area contributed by atoms with E-state index in [0.29, 0.717) is 0 Å². The Morgan fingerprint density at radius 1 is 0.415 bits per heavy atom. The summed E-state index contributed by atoms with van der Waals surface area (Å²) in [5.41, 5.74) is 19.4. The minimum atomic E-state index is -2.22. The van der Waals surface area contributed by atoms with Crippen LogP contribution in [0, 0.1) is 6.92 Å². The van der Waals surface area contributed by atoms with Gasteiger partial charge in [-0.1, -0.05) is 143 Å². The molecule has 0 atom stereocenters. The van der Waals surface area contributed by atoms with Gasteiger partial charge >= 0.3 is 0 Å². The van der Waals surface area contributed by atoms with Gasteiger partial charge in [0.1, 0.15) is 8.07 Å². The molecule has 3 heterocycles. The molecule has 5 aromatic carbocycles. The number of anilines is 6. The first kappa shape index (κ1) is 36.0. The van der Waals surface area contributed by atoms with Gasteiger partial charge in [-0.2, -0.15) is 0 Å². The van der Waals surface area contributed by atoms with E-state index in [1.54, 1.807) is 10.4 Å². The van der Waals surface area contributed by atoms with Gasteiger partial charge < -0.3 is 9.80 Å². The van der Waals surface area contributed by atoms with Crippen molar-refractivity contribution >= 4 is 75.7 Å². The van der Waals surface area contributed by atoms with Gasteiger partial charge in [-0.25, -0.2) is 0 Å². The van der Waals surface area contributed by atoms with Crippen LogP contribution in [-0.2, 0) is 21.7 Å². The van der Waals surface area contributed by atoms with Crippen molar-refractivity contribution in [2.45, 2.75) is 125 Å². The SMILES string of the molecule is Cc1cc2c3c(c1)N(c1ccc(C(C)(C)C)cc1)c1cc(C(C)(C)C)cc4c1B3c1c(cc(C(C)(C)C)cc1[Si]4(C)C)N2c1ccc(C(C)(C)C)cc1. The van der Waals surface area contributed by atoms with Gasteiger partial charge in [0.2, 0.25) is 0 Å². The molecule has 272 valence electrons. The van der Waals surface area contributed by atoms with Gasteiger partial charge in [-0.15, -0.1) is 0 Å². The van der Waals surface area contributed by atoms with E-state index in [9.17, 15) is 0 Å². The lowest BCUT2D eigenvalue weighted by Gasteiger charge is -2.51. The van der Waals surface area contributed by atoms with Crippen LogP contribution in [0.2, 0.25) is 13.1 Å². The topological polar surface area (TPSA) is 6.48 Å². The fourth-order valence-corrected chi connectivity index (χ4v) is 12.4. The Bertz CT molecular complexity index is 2140. The van der Waals surface area contributed by atoms with Crippen LogP contribution in [0.25, 0.3) is 0 Å². The highest BCUT2D eigenvalue weighted by Crippen LogP contribution is 2.47. The molecule has 0 radical (unpaired) electrons. The van der Waals surface area contributed by atoms with E-state index in [0.717, 1.165) is 0 Å². The molecule has 0 spiro atoms. The smallest absolute Gasteiger partial charge is 0.251 e. The van der Waals surface area contributed by atoms with E-state index in [1.165, 1.54) is 78.3 Å². The number of benzene rings is 5. The zero-order chi connectivity index (χ0) is 38.4. The Morgan fingerprint density at radius 2 is 0.736 bits per heavy atom. The maximum absolute atomic E-state index is 2.63. The van der Waals surface area contributed by atoms with E-state index >= 15 is 0 Å². The van der Waals surface area contributed by atoms with E-state index in [4.69, 9.17) is 0 Å². The fraction of sp³-hybridized carbons (Fsp3) is 0.388. The second-order valence-corrected chi connectivity index (χ2v) is 25.3. The van der Waals surface area contributed by atoms with E-state index in [1.807, 2.05) is 0 Å². The third kappa shape index (κ3) is 5.49. The molecule has 5 aromatic rings. The molecular formula is C49H59BN2Si. The van der Waals surface area contributed by atoms with E-state index < -0.39 is 8.07 Å². The highest BCUT2D eigenvalue weighted by molar-refractivity contribution is 7.16. The molecule has 0 aromatic heterocycles. The molecule has 0 saturated heterocycles. The molecular weight excluding hydrogens is 655 g/mol. The van der Waals surface area contributed by atoms with Crippen molar-refractivity contribution in [3.63, 3.8) is 0 Å². The predicted octanol–water partition coefficient (Wildman–Crippen LogP) is 10.4. The van der Waals surface area contributed by atoms with Crippen molar-refractivity contribution in [1.82, 2.24) is 0 Å². The molecule has 0 fully saturated rings. The quantitative estimate of drug-likeness (QED) is 0.165. The van der Waals surface area contributed by atoms with Crippen molar-refractivity contribution in [3.05, 3.63) is 113 Å². The number of nitrogens with zero attached hydrogens (tertiary/aromatic N) is 2. The maximum atomic E-state index is 2.63. The van der Waals surface area contributed by atoms with Gasteiger partial charge in [0.25, 0.3) is 6.71 Å². The van der Waals surface area contributed by atoms with Crippen molar-refractivity contribution < 1.29 is 0 Å². The van der Waals surface area contributed by atoms with Gasteiger partial charge in [0, 0.05) is 34.1 Å². The average molecular weight is 715 g/mol. The van der Waals surface area contributed by atoms with E-state index in [2.05, 4.69) is 198 Å². The lowest BCUT2D eigenvalue weighted by atomic mass is 9.33. The van der Waals surface area contributed by atoms with Gasteiger partial charge in [0.15, 0.2) is 0 Å². The summed E-state index contributed by atoms with van der Waals surface area (Å²) in [4.78, 5) is 5.27. The first-order valence-corrected chi connectivity index (χ1v) is 22.8. The van der Waals surface area contributed by atoms with Crippen molar-refractivity contribution in [3.8, 4) is 0 Å². The first-order chi connectivity index (χ1) is 24.5. The van der Waals surface area contributed by atoms with Crippen LogP contribution in [-0.4, -0.2) is 14.8 Å². The Morgan fingerprint density at radius 3 is 1.06 bits per heavy atom. The van der Waals surface area contributed by atoms with Gasteiger partial charge in [-0.05, 0) is 121 Å². The maximum Gasteiger partial charge on any atom is 0.251 e. The van der Waals surface area contributed by atoms with Crippen molar-refractivity contribution in [2.24, 2.45) is 0 Å². The highest BCUT2D eigenvalue weighted by atomic mass is 28.3. The number of rotatable bonds is 2. The van der Waals surface area contributed by atoms with Crippen LogP contribution in [0.15, 0.2) is 84.9 Å². The summed E-state index contributed by atoms with van der Waals surface area (Å²) in [6.45, 7) is 35.9. The average Bonchev–Trinajstić information content (AvgIpc) is 3.05. The summed E-state index contributed by atoms with van der Waals surface area (Å²) < 4.78 is 0. The Hall–Kier alpha value is -4.02. The summed E-state index contributed by atoms with van der Waals surface area (Å²) in [5.74, 6) is 0. The predicted molar refractivity (Wildman–Crippen MR) is 237 cm³/mol. The summed E-state index contributed by atoms with van der Waals surface area (Å²) in [5, 5.41) is 3.21. The summed E-state index contributed by atoms with van der Waals surface area (Å²) in [6, 6.07) is 34.2. The summed E-state index contributed by atoms with van der Waals surface area (Å²) >= 11 is 0. The largest absolute Gasteiger partial charge is 0.311 e.